The summed E-state index contributed by atoms with van der Waals surface area (Å²) in [4.78, 5) is 21.0. The van der Waals surface area contributed by atoms with Gasteiger partial charge in [0, 0.05) is 39.1 Å². The Morgan fingerprint density at radius 2 is 1.92 bits per heavy atom. The van der Waals surface area contributed by atoms with Gasteiger partial charge in [-0.2, -0.15) is 0 Å². The molecule has 0 saturated carbocycles. The normalized spacial score (nSPS) is 19.5. The summed E-state index contributed by atoms with van der Waals surface area (Å²) in [5, 5.41) is 6.76. The van der Waals surface area contributed by atoms with Crippen molar-refractivity contribution >= 4 is 35.8 Å². The number of carbonyl (C=O) groups excluding carboxylic acids is 1. The van der Waals surface area contributed by atoms with Crippen LogP contribution in [0.1, 0.15) is 52.4 Å². The van der Waals surface area contributed by atoms with E-state index in [0.717, 1.165) is 57.9 Å². The molecule has 6 nitrogen and oxygen atoms in total. The highest BCUT2D eigenvalue weighted by Crippen LogP contribution is 2.17. The van der Waals surface area contributed by atoms with Crippen molar-refractivity contribution in [2.24, 2.45) is 10.9 Å². The molecule has 2 heterocycles. The Bertz CT molecular complexity index is 424. The first kappa shape index (κ1) is 23.5. The highest BCUT2D eigenvalue weighted by atomic mass is 127. The average Bonchev–Trinajstić information content (AvgIpc) is 3.03. The molecule has 0 aromatic carbocycles. The van der Waals surface area contributed by atoms with Crippen molar-refractivity contribution in [1.82, 2.24) is 20.4 Å². The fraction of sp³-hybridized carbons (Fsp3) is 0.895. The number of halogens is 1. The minimum atomic E-state index is 0. The minimum absolute atomic E-state index is 0. The van der Waals surface area contributed by atoms with E-state index in [1.165, 1.54) is 38.9 Å². The van der Waals surface area contributed by atoms with Crippen LogP contribution in [0.3, 0.4) is 0 Å². The lowest BCUT2D eigenvalue weighted by Crippen LogP contribution is -2.40. The Labute approximate surface area is 176 Å². The molecule has 2 fully saturated rings. The Hall–Kier alpha value is -0.570. The van der Waals surface area contributed by atoms with Crippen molar-refractivity contribution in [2.45, 2.75) is 52.4 Å². The highest BCUT2D eigenvalue weighted by molar-refractivity contribution is 14.0. The number of hydrogen-bond donors (Lipinski definition) is 2. The van der Waals surface area contributed by atoms with Gasteiger partial charge in [-0.05, 0) is 64.6 Å². The molecule has 1 amide bonds. The van der Waals surface area contributed by atoms with Crippen LogP contribution >= 0.6 is 24.0 Å². The summed E-state index contributed by atoms with van der Waals surface area (Å²) in [5.74, 6) is 1.95. The number of likely N-dealkylation sites (tertiary alicyclic amines) is 2. The Morgan fingerprint density at radius 3 is 2.54 bits per heavy atom. The third-order valence-electron chi connectivity index (χ3n) is 5.17. The van der Waals surface area contributed by atoms with E-state index in [4.69, 9.17) is 4.99 Å². The molecule has 2 saturated heterocycles. The number of amides is 1. The second-order valence-corrected chi connectivity index (χ2v) is 7.27. The summed E-state index contributed by atoms with van der Waals surface area (Å²) >= 11 is 0. The zero-order valence-electron chi connectivity index (χ0n) is 16.6. The van der Waals surface area contributed by atoms with E-state index in [1.807, 2.05) is 4.90 Å². The summed E-state index contributed by atoms with van der Waals surface area (Å²) in [6, 6.07) is 0. The number of aliphatic imine (C=N–C) groups is 1. The highest BCUT2D eigenvalue weighted by Gasteiger charge is 2.19. The molecule has 2 N–H and O–H groups in total. The van der Waals surface area contributed by atoms with Gasteiger partial charge < -0.3 is 20.4 Å². The van der Waals surface area contributed by atoms with Gasteiger partial charge >= 0.3 is 0 Å². The standard InChI is InChI=1S/C19H37N5O.HI/c1-3-11-23-14-8-17(9-15-23)16-22-19(20-4-2)21-10-6-13-24-12-5-7-18(24)25;/h17H,3-16H2,1-2H3,(H2,20,21,22);1H. The summed E-state index contributed by atoms with van der Waals surface area (Å²) in [5.41, 5.74) is 0. The second kappa shape index (κ2) is 13.6. The maximum atomic E-state index is 11.6. The molecule has 0 unspecified atom stereocenters. The fourth-order valence-corrected chi connectivity index (χ4v) is 3.69. The molecule has 0 aliphatic carbocycles. The third kappa shape index (κ3) is 8.41. The largest absolute Gasteiger partial charge is 0.357 e. The number of guanidine groups is 1. The van der Waals surface area contributed by atoms with Crippen LogP contribution in [0.25, 0.3) is 0 Å². The van der Waals surface area contributed by atoms with E-state index in [9.17, 15) is 4.79 Å². The molecule has 0 aromatic heterocycles. The molecule has 0 radical (unpaired) electrons. The maximum Gasteiger partial charge on any atom is 0.222 e. The van der Waals surface area contributed by atoms with Crippen molar-refractivity contribution in [3.05, 3.63) is 0 Å². The monoisotopic (exact) mass is 479 g/mol. The van der Waals surface area contributed by atoms with E-state index >= 15 is 0 Å². The van der Waals surface area contributed by atoms with Crippen LogP contribution in [0.2, 0.25) is 0 Å². The molecule has 2 aliphatic rings. The fourth-order valence-electron chi connectivity index (χ4n) is 3.69. The van der Waals surface area contributed by atoms with Crippen LogP contribution in [0.15, 0.2) is 4.99 Å². The number of nitrogens with one attached hydrogen (secondary N) is 2. The summed E-state index contributed by atoms with van der Waals surface area (Å²) in [7, 11) is 0. The van der Waals surface area contributed by atoms with Gasteiger partial charge in [-0.3, -0.25) is 9.79 Å². The minimum Gasteiger partial charge on any atom is -0.357 e. The van der Waals surface area contributed by atoms with E-state index in [0.29, 0.717) is 11.8 Å². The topological polar surface area (TPSA) is 60.0 Å². The van der Waals surface area contributed by atoms with E-state index < -0.39 is 0 Å². The first-order chi connectivity index (χ1) is 12.2. The molecular weight excluding hydrogens is 441 g/mol. The summed E-state index contributed by atoms with van der Waals surface area (Å²) < 4.78 is 0. The first-order valence-corrected chi connectivity index (χ1v) is 10.2. The molecule has 2 aliphatic heterocycles. The predicted octanol–water partition coefficient (Wildman–Crippen LogP) is 2.29. The van der Waals surface area contributed by atoms with Crippen molar-refractivity contribution in [3.63, 3.8) is 0 Å². The molecule has 0 bridgehead atoms. The number of carbonyl (C=O) groups is 1. The average molecular weight is 479 g/mol. The molecule has 0 aromatic rings. The Morgan fingerprint density at radius 1 is 1.15 bits per heavy atom. The molecule has 7 heteroatoms. The third-order valence-corrected chi connectivity index (χ3v) is 5.17. The smallest absolute Gasteiger partial charge is 0.222 e. The Kier molecular flexibility index (Phi) is 12.3. The molecule has 0 spiro atoms. The lowest BCUT2D eigenvalue weighted by molar-refractivity contribution is -0.127. The SMILES string of the molecule is CCCN1CCC(CN=C(NCC)NCCCN2CCCC2=O)CC1.I. The van der Waals surface area contributed by atoms with Crippen LogP contribution in [-0.2, 0) is 4.79 Å². The molecule has 0 atom stereocenters. The lowest BCUT2D eigenvalue weighted by atomic mass is 9.97. The van der Waals surface area contributed by atoms with Crippen LogP contribution in [0, 0.1) is 5.92 Å². The number of piperidine rings is 1. The second-order valence-electron chi connectivity index (χ2n) is 7.27. The van der Waals surface area contributed by atoms with E-state index in [-0.39, 0.29) is 24.0 Å². The lowest BCUT2D eigenvalue weighted by Gasteiger charge is -2.31. The van der Waals surface area contributed by atoms with Gasteiger partial charge in [0.2, 0.25) is 5.91 Å². The van der Waals surface area contributed by atoms with Crippen LogP contribution in [-0.4, -0.2) is 74.0 Å². The Balaban J connectivity index is 0.00000338. The van der Waals surface area contributed by atoms with Gasteiger partial charge in [-0.1, -0.05) is 6.92 Å². The number of hydrogen-bond acceptors (Lipinski definition) is 3. The number of rotatable bonds is 9. The van der Waals surface area contributed by atoms with Gasteiger partial charge in [0.1, 0.15) is 0 Å². The van der Waals surface area contributed by atoms with Crippen molar-refractivity contribution < 1.29 is 4.79 Å². The van der Waals surface area contributed by atoms with Crippen LogP contribution in [0.4, 0.5) is 0 Å². The van der Waals surface area contributed by atoms with Gasteiger partial charge in [0.25, 0.3) is 0 Å². The van der Waals surface area contributed by atoms with Crippen LogP contribution < -0.4 is 10.6 Å². The molecular formula is C19H38IN5O. The van der Waals surface area contributed by atoms with Gasteiger partial charge in [-0.25, -0.2) is 0 Å². The van der Waals surface area contributed by atoms with Gasteiger partial charge in [0.05, 0.1) is 0 Å². The van der Waals surface area contributed by atoms with E-state index in [2.05, 4.69) is 29.4 Å². The first-order valence-electron chi connectivity index (χ1n) is 10.2. The quantitative estimate of drug-likeness (QED) is 0.231. The van der Waals surface area contributed by atoms with Gasteiger partial charge in [0.15, 0.2) is 5.96 Å². The van der Waals surface area contributed by atoms with Crippen molar-refractivity contribution in [1.29, 1.82) is 0 Å². The molecule has 2 rings (SSSR count). The maximum absolute atomic E-state index is 11.6. The van der Waals surface area contributed by atoms with Crippen molar-refractivity contribution in [3.8, 4) is 0 Å². The predicted molar refractivity (Wildman–Crippen MR) is 119 cm³/mol. The van der Waals surface area contributed by atoms with Crippen LogP contribution in [0.5, 0.6) is 0 Å². The molecule has 26 heavy (non-hydrogen) atoms. The van der Waals surface area contributed by atoms with E-state index in [1.54, 1.807) is 0 Å². The van der Waals surface area contributed by atoms with Crippen molar-refractivity contribution in [2.75, 3.05) is 52.4 Å². The summed E-state index contributed by atoms with van der Waals surface area (Å²) in [6.45, 7) is 12.5. The number of nitrogens with zero attached hydrogens (tertiary/aromatic N) is 3. The zero-order valence-corrected chi connectivity index (χ0v) is 19.0. The summed E-state index contributed by atoms with van der Waals surface area (Å²) in [6.07, 6.45) is 6.51. The molecule has 152 valence electrons. The van der Waals surface area contributed by atoms with Gasteiger partial charge in [-0.15, -0.1) is 24.0 Å². The zero-order chi connectivity index (χ0) is 17.9.